The van der Waals surface area contributed by atoms with Crippen LogP contribution in [-0.2, 0) is 0 Å². The Balaban J connectivity index is 3.89. The molecule has 1 unspecified atom stereocenters. The van der Waals surface area contributed by atoms with Crippen LogP contribution in [0.15, 0.2) is 0 Å². The summed E-state index contributed by atoms with van der Waals surface area (Å²) >= 11 is 0. The molecule has 0 fully saturated rings. The third-order valence-electron chi connectivity index (χ3n) is 4.80. The first-order chi connectivity index (χ1) is 11.3. The van der Waals surface area contributed by atoms with Gasteiger partial charge >= 0.3 is 0 Å². The first-order valence-electron chi connectivity index (χ1n) is 10.3. The Morgan fingerprint density at radius 3 is 1.70 bits per heavy atom. The quantitative estimate of drug-likeness (QED) is 0.357. The van der Waals surface area contributed by atoms with E-state index in [1.165, 1.54) is 77.0 Å². The minimum Gasteiger partial charge on any atom is -0.395 e. The zero-order valence-corrected chi connectivity index (χ0v) is 15.9. The topological polar surface area (TPSA) is 43.7 Å². The van der Waals surface area contributed by atoms with Gasteiger partial charge in [-0.25, -0.2) is 0 Å². The molecular weight excluding hydrogens is 286 g/mol. The molecule has 0 saturated carbocycles. The number of hydrogen-bond acceptors (Lipinski definition) is 3. The van der Waals surface area contributed by atoms with E-state index in [-0.39, 0.29) is 19.3 Å². The molecule has 0 saturated heterocycles. The van der Waals surface area contributed by atoms with Gasteiger partial charge in [-0.3, -0.25) is 4.90 Å². The molecule has 1 atom stereocenters. The van der Waals surface area contributed by atoms with Crippen molar-refractivity contribution in [3.05, 3.63) is 0 Å². The predicted molar refractivity (Wildman–Crippen MR) is 101 cm³/mol. The smallest absolute Gasteiger partial charge is 0.0586 e. The molecule has 0 aliphatic carbocycles. The number of unbranched alkanes of at least 4 members (excludes halogenated alkanes) is 10. The highest BCUT2D eigenvalue weighted by Gasteiger charge is 2.16. The monoisotopic (exact) mass is 329 g/mol. The van der Waals surface area contributed by atoms with Gasteiger partial charge in [0.2, 0.25) is 0 Å². The summed E-state index contributed by atoms with van der Waals surface area (Å²) in [6, 6.07) is 0.240. The molecule has 0 aromatic heterocycles. The molecule has 0 rings (SSSR count). The maximum absolute atomic E-state index is 9.71. The standard InChI is InChI=1S/C20H43NO2/c1-3-5-7-9-11-13-15-20(19-23)21(17-18-22)16-14-12-10-8-6-4-2/h20,22-23H,3-19H2,1-2H3. The Kier molecular flexibility index (Phi) is 18.1. The average Bonchev–Trinajstić information content (AvgIpc) is 2.57. The Morgan fingerprint density at radius 1 is 0.652 bits per heavy atom. The van der Waals surface area contributed by atoms with Crippen molar-refractivity contribution in [1.29, 1.82) is 0 Å². The average molecular weight is 330 g/mol. The molecule has 0 spiro atoms. The SMILES string of the molecule is CCCCCCCCC(CO)N(CCO)CCCCCCCC. The molecule has 0 aromatic carbocycles. The summed E-state index contributed by atoms with van der Waals surface area (Å²) in [5.74, 6) is 0. The molecule has 23 heavy (non-hydrogen) atoms. The zero-order valence-electron chi connectivity index (χ0n) is 15.9. The van der Waals surface area contributed by atoms with Gasteiger partial charge in [0.25, 0.3) is 0 Å². The van der Waals surface area contributed by atoms with Gasteiger partial charge < -0.3 is 10.2 Å². The second kappa shape index (κ2) is 18.2. The van der Waals surface area contributed by atoms with Gasteiger partial charge in [0.05, 0.1) is 13.2 Å². The van der Waals surface area contributed by atoms with Crippen molar-refractivity contribution in [3.8, 4) is 0 Å². The van der Waals surface area contributed by atoms with E-state index in [1.807, 2.05) is 0 Å². The molecule has 3 heteroatoms. The van der Waals surface area contributed by atoms with Crippen molar-refractivity contribution < 1.29 is 10.2 Å². The lowest BCUT2D eigenvalue weighted by Crippen LogP contribution is -2.40. The normalized spacial score (nSPS) is 12.9. The zero-order chi connectivity index (χ0) is 17.2. The molecular formula is C20H43NO2. The van der Waals surface area contributed by atoms with Crippen LogP contribution in [0.3, 0.4) is 0 Å². The van der Waals surface area contributed by atoms with E-state index in [1.54, 1.807) is 0 Å². The molecule has 0 radical (unpaired) electrons. The summed E-state index contributed by atoms with van der Waals surface area (Å²) in [6.45, 7) is 6.64. The second-order valence-electron chi connectivity index (χ2n) is 6.92. The van der Waals surface area contributed by atoms with Crippen LogP contribution in [0.4, 0.5) is 0 Å². The van der Waals surface area contributed by atoms with Crippen LogP contribution in [0.1, 0.15) is 97.3 Å². The molecule has 0 aliphatic rings. The molecule has 0 bridgehead atoms. The Bertz CT molecular complexity index is 224. The van der Waals surface area contributed by atoms with Crippen LogP contribution < -0.4 is 0 Å². The lowest BCUT2D eigenvalue weighted by Gasteiger charge is -2.30. The molecule has 0 aliphatic heterocycles. The first-order valence-corrected chi connectivity index (χ1v) is 10.3. The van der Waals surface area contributed by atoms with Crippen LogP contribution in [0.5, 0.6) is 0 Å². The van der Waals surface area contributed by atoms with E-state index in [0.717, 1.165) is 13.0 Å². The van der Waals surface area contributed by atoms with Crippen LogP contribution in [0.2, 0.25) is 0 Å². The van der Waals surface area contributed by atoms with Crippen molar-refractivity contribution in [2.75, 3.05) is 26.3 Å². The van der Waals surface area contributed by atoms with Gasteiger partial charge in [0, 0.05) is 12.6 Å². The summed E-state index contributed by atoms with van der Waals surface area (Å²) in [5, 5.41) is 19.0. The fourth-order valence-corrected chi connectivity index (χ4v) is 3.25. The summed E-state index contributed by atoms with van der Waals surface area (Å²) < 4.78 is 0. The van der Waals surface area contributed by atoms with Crippen LogP contribution in [0.25, 0.3) is 0 Å². The lowest BCUT2D eigenvalue weighted by atomic mass is 10.0. The minimum absolute atomic E-state index is 0.197. The van der Waals surface area contributed by atoms with E-state index in [0.29, 0.717) is 6.54 Å². The second-order valence-corrected chi connectivity index (χ2v) is 6.92. The molecule has 3 nitrogen and oxygen atoms in total. The largest absolute Gasteiger partial charge is 0.395 e. The molecule has 0 heterocycles. The van der Waals surface area contributed by atoms with Crippen molar-refractivity contribution in [1.82, 2.24) is 4.90 Å². The van der Waals surface area contributed by atoms with E-state index >= 15 is 0 Å². The van der Waals surface area contributed by atoms with Gasteiger partial charge in [0.1, 0.15) is 0 Å². The number of nitrogens with zero attached hydrogens (tertiary/aromatic N) is 1. The fourth-order valence-electron chi connectivity index (χ4n) is 3.25. The maximum Gasteiger partial charge on any atom is 0.0586 e. The van der Waals surface area contributed by atoms with Crippen molar-refractivity contribution in [3.63, 3.8) is 0 Å². The highest BCUT2D eigenvalue weighted by molar-refractivity contribution is 4.71. The third-order valence-corrected chi connectivity index (χ3v) is 4.80. The van der Waals surface area contributed by atoms with Gasteiger partial charge in [-0.15, -0.1) is 0 Å². The van der Waals surface area contributed by atoms with Crippen molar-refractivity contribution in [2.24, 2.45) is 0 Å². The van der Waals surface area contributed by atoms with E-state index in [4.69, 9.17) is 0 Å². The van der Waals surface area contributed by atoms with Crippen molar-refractivity contribution >= 4 is 0 Å². The Labute approximate surface area is 145 Å². The highest BCUT2D eigenvalue weighted by atomic mass is 16.3. The van der Waals surface area contributed by atoms with Crippen LogP contribution >= 0.6 is 0 Å². The number of aliphatic hydroxyl groups excluding tert-OH is 2. The summed E-state index contributed by atoms with van der Waals surface area (Å²) in [6.07, 6.45) is 16.6. The van der Waals surface area contributed by atoms with Gasteiger partial charge in [0.15, 0.2) is 0 Å². The number of aliphatic hydroxyl groups is 2. The van der Waals surface area contributed by atoms with E-state index < -0.39 is 0 Å². The van der Waals surface area contributed by atoms with Gasteiger partial charge in [-0.2, -0.15) is 0 Å². The Morgan fingerprint density at radius 2 is 1.17 bits per heavy atom. The minimum atomic E-state index is 0.197. The number of rotatable bonds is 18. The van der Waals surface area contributed by atoms with Crippen LogP contribution in [0, 0.1) is 0 Å². The highest BCUT2D eigenvalue weighted by Crippen LogP contribution is 2.14. The summed E-state index contributed by atoms with van der Waals surface area (Å²) in [5.41, 5.74) is 0. The fraction of sp³-hybridized carbons (Fsp3) is 1.00. The molecule has 140 valence electrons. The third kappa shape index (κ3) is 14.0. The summed E-state index contributed by atoms with van der Waals surface area (Å²) in [7, 11) is 0. The lowest BCUT2D eigenvalue weighted by molar-refractivity contribution is 0.0926. The molecule has 2 N–H and O–H groups in total. The Hall–Kier alpha value is -0.120. The predicted octanol–water partition coefficient (Wildman–Crippen LogP) is 4.75. The molecule has 0 amide bonds. The maximum atomic E-state index is 9.71. The van der Waals surface area contributed by atoms with Gasteiger partial charge in [-0.1, -0.05) is 84.5 Å². The van der Waals surface area contributed by atoms with E-state index in [2.05, 4.69) is 18.7 Å². The van der Waals surface area contributed by atoms with Crippen molar-refractivity contribution in [2.45, 2.75) is 103 Å². The van der Waals surface area contributed by atoms with Gasteiger partial charge in [-0.05, 0) is 19.4 Å². The summed E-state index contributed by atoms with van der Waals surface area (Å²) in [4.78, 5) is 2.31. The molecule has 0 aromatic rings. The number of hydrogen-bond donors (Lipinski definition) is 2. The van der Waals surface area contributed by atoms with Crippen LogP contribution in [-0.4, -0.2) is 47.5 Å². The van der Waals surface area contributed by atoms with E-state index in [9.17, 15) is 10.2 Å². The first kappa shape index (κ1) is 22.9.